The van der Waals surface area contributed by atoms with Crippen LogP contribution in [0.3, 0.4) is 0 Å². The summed E-state index contributed by atoms with van der Waals surface area (Å²) in [5, 5.41) is 27.5. The highest BCUT2D eigenvalue weighted by atomic mass is 19.1. The first-order chi connectivity index (χ1) is 9.36. The van der Waals surface area contributed by atoms with Crippen molar-refractivity contribution in [2.24, 2.45) is 0 Å². The van der Waals surface area contributed by atoms with Crippen molar-refractivity contribution in [3.8, 4) is 6.07 Å². The monoisotopic (exact) mass is 289 g/mol. The molecular weight excluding hydrogens is 280 g/mol. The zero-order valence-electron chi connectivity index (χ0n) is 9.79. The molecule has 2 rings (SSSR count). The van der Waals surface area contributed by atoms with Crippen molar-refractivity contribution in [2.45, 2.75) is 24.1 Å². The SMILES string of the molecule is N#CC1(CO)OC(n2cc(F)c(=O)[nH]c2=O)C(F)C1O. The van der Waals surface area contributed by atoms with Crippen LogP contribution in [0.2, 0.25) is 0 Å². The minimum Gasteiger partial charge on any atom is -0.392 e. The van der Waals surface area contributed by atoms with Gasteiger partial charge in [-0.3, -0.25) is 14.3 Å². The molecule has 0 aromatic carbocycles. The number of hydrogen-bond donors (Lipinski definition) is 3. The topological polar surface area (TPSA) is 128 Å². The molecule has 0 spiro atoms. The maximum Gasteiger partial charge on any atom is 0.330 e. The van der Waals surface area contributed by atoms with E-state index in [1.807, 2.05) is 0 Å². The first-order valence-corrected chi connectivity index (χ1v) is 5.39. The molecule has 1 aliphatic rings. The summed E-state index contributed by atoms with van der Waals surface area (Å²) in [6.07, 6.45) is -5.76. The molecule has 0 saturated carbocycles. The van der Waals surface area contributed by atoms with Gasteiger partial charge in [0.05, 0.1) is 12.8 Å². The second-order valence-corrected chi connectivity index (χ2v) is 4.20. The van der Waals surface area contributed by atoms with Crippen molar-refractivity contribution in [3.05, 3.63) is 32.9 Å². The van der Waals surface area contributed by atoms with E-state index in [9.17, 15) is 23.5 Å². The van der Waals surface area contributed by atoms with Crippen LogP contribution in [0.25, 0.3) is 0 Å². The summed E-state index contributed by atoms with van der Waals surface area (Å²) in [6.45, 7) is -1.03. The molecule has 1 saturated heterocycles. The van der Waals surface area contributed by atoms with Gasteiger partial charge < -0.3 is 14.9 Å². The van der Waals surface area contributed by atoms with Crippen molar-refractivity contribution in [1.29, 1.82) is 5.26 Å². The van der Waals surface area contributed by atoms with Gasteiger partial charge in [-0.1, -0.05) is 0 Å². The van der Waals surface area contributed by atoms with E-state index in [2.05, 4.69) is 0 Å². The minimum absolute atomic E-state index is 0.360. The van der Waals surface area contributed by atoms with Crippen molar-refractivity contribution in [1.82, 2.24) is 9.55 Å². The number of H-pyrrole nitrogens is 1. The van der Waals surface area contributed by atoms with Crippen molar-refractivity contribution in [3.63, 3.8) is 0 Å². The number of nitrogens with one attached hydrogen (secondary N) is 1. The number of nitriles is 1. The number of ether oxygens (including phenoxy) is 1. The largest absolute Gasteiger partial charge is 0.392 e. The molecule has 20 heavy (non-hydrogen) atoms. The molecule has 8 nitrogen and oxygen atoms in total. The third kappa shape index (κ3) is 1.92. The van der Waals surface area contributed by atoms with Crippen LogP contribution in [0, 0.1) is 17.1 Å². The standard InChI is InChI=1S/C10H9F2N3O5/c11-4-1-15(9(19)14-7(4)18)8-5(12)6(17)10(2-13,3-16)20-8/h1,5-6,8,16-17H,3H2,(H,14,18,19). The Morgan fingerprint density at radius 3 is 2.75 bits per heavy atom. The molecule has 3 N–H and O–H groups in total. The molecule has 2 heterocycles. The molecule has 4 unspecified atom stereocenters. The lowest BCUT2D eigenvalue weighted by Gasteiger charge is -2.21. The predicted molar refractivity (Wildman–Crippen MR) is 57.7 cm³/mol. The number of hydrogen-bond acceptors (Lipinski definition) is 6. The number of aliphatic hydroxyl groups excluding tert-OH is 2. The summed E-state index contributed by atoms with van der Waals surface area (Å²) in [4.78, 5) is 23.9. The first-order valence-electron chi connectivity index (χ1n) is 5.39. The lowest BCUT2D eigenvalue weighted by Crippen LogP contribution is -2.44. The van der Waals surface area contributed by atoms with Gasteiger partial charge in [0.25, 0.3) is 5.56 Å². The Morgan fingerprint density at radius 2 is 2.25 bits per heavy atom. The average molecular weight is 289 g/mol. The van der Waals surface area contributed by atoms with Crippen LogP contribution < -0.4 is 11.2 Å². The van der Waals surface area contributed by atoms with E-state index in [0.29, 0.717) is 10.8 Å². The zero-order valence-corrected chi connectivity index (χ0v) is 9.79. The third-order valence-corrected chi connectivity index (χ3v) is 3.01. The molecule has 4 atom stereocenters. The molecule has 1 aromatic heterocycles. The van der Waals surface area contributed by atoms with E-state index in [0.717, 1.165) is 0 Å². The number of aromatic amines is 1. The van der Waals surface area contributed by atoms with Crippen LogP contribution in [0.15, 0.2) is 15.8 Å². The Morgan fingerprint density at radius 1 is 1.60 bits per heavy atom. The van der Waals surface area contributed by atoms with Crippen LogP contribution >= 0.6 is 0 Å². The van der Waals surface area contributed by atoms with Gasteiger partial charge >= 0.3 is 5.69 Å². The van der Waals surface area contributed by atoms with Gasteiger partial charge in [-0.25, -0.2) is 9.18 Å². The molecule has 1 aromatic rings. The Bertz CT molecular complexity index is 681. The van der Waals surface area contributed by atoms with Gasteiger partial charge in [0.1, 0.15) is 12.2 Å². The van der Waals surface area contributed by atoms with Crippen molar-refractivity contribution >= 4 is 0 Å². The Balaban J connectivity index is 2.51. The fraction of sp³-hybridized carbons (Fsp3) is 0.500. The molecule has 0 amide bonds. The molecule has 10 heteroatoms. The van der Waals surface area contributed by atoms with Crippen molar-refractivity contribution < 1.29 is 23.7 Å². The second kappa shape index (κ2) is 4.78. The highest BCUT2D eigenvalue weighted by Gasteiger charge is 2.56. The van der Waals surface area contributed by atoms with Crippen LogP contribution in [-0.2, 0) is 4.74 Å². The quantitative estimate of drug-likeness (QED) is 0.586. The smallest absolute Gasteiger partial charge is 0.330 e. The van der Waals surface area contributed by atoms with E-state index < -0.39 is 47.8 Å². The summed E-state index contributed by atoms with van der Waals surface area (Å²) in [5.74, 6) is -1.37. The highest BCUT2D eigenvalue weighted by molar-refractivity contribution is 5.14. The van der Waals surface area contributed by atoms with Crippen molar-refractivity contribution in [2.75, 3.05) is 6.61 Å². The highest BCUT2D eigenvalue weighted by Crippen LogP contribution is 2.37. The Labute approximate surface area is 109 Å². The number of alkyl halides is 1. The normalized spacial score (nSPS) is 33.0. The van der Waals surface area contributed by atoms with E-state index in [-0.39, 0.29) is 0 Å². The molecule has 0 bridgehead atoms. The first kappa shape index (κ1) is 14.3. The molecular formula is C10H9F2N3O5. The number of aromatic nitrogens is 2. The predicted octanol–water partition coefficient (Wildman–Crippen LogP) is -1.84. The van der Waals surface area contributed by atoms with Gasteiger partial charge in [-0.15, -0.1) is 0 Å². The number of halogens is 2. The minimum atomic E-state index is -2.27. The van der Waals surface area contributed by atoms with Crippen LogP contribution in [0.5, 0.6) is 0 Å². The number of rotatable bonds is 2. The van der Waals surface area contributed by atoms with E-state index in [1.54, 1.807) is 4.98 Å². The molecule has 1 aliphatic heterocycles. The summed E-state index contributed by atoms with van der Waals surface area (Å²) in [7, 11) is 0. The number of nitrogens with zero attached hydrogens (tertiary/aromatic N) is 2. The maximum atomic E-state index is 13.9. The van der Waals surface area contributed by atoms with Crippen LogP contribution in [0.1, 0.15) is 6.23 Å². The van der Waals surface area contributed by atoms with Gasteiger partial charge in [-0.05, 0) is 0 Å². The summed E-state index contributed by atoms with van der Waals surface area (Å²) >= 11 is 0. The van der Waals surface area contributed by atoms with E-state index >= 15 is 0 Å². The van der Waals surface area contributed by atoms with Gasteiger partial charge in [-0.2, -0.15) is 9.65 Å². The zero-order chi connectivity index (χ0) is 15.1. The fourth-order valence-electron chi connectivity index (χ4n) is 1.88. The third-order valence-electron chi connectivity index (χ3n) is 3.01. The summed E-state index contributed by atoms with van der Waals surface area (Å²) < 4.78 is 32.3. The number of aliphatic hydroxyl groups is 2. The molecule has 108 valence electrons. The molecule has 1 fully saturated rings. The van der Waals surface area contributed by atoms with E-state index in [1.165, 1.54) is 6.07 Å². The van der Waals surface area contributed by atoms with Gasteiger partial charge in [0, 0.05) is 0 Å². The Kier molecular flexibility index (Phi) is 3.43. The molecule has 0 radical (unpaired) electrons. The van der Waals surface area contributed by atoms with Crippen LogP contribution in [0.4, 0.5) is 8.78 Å². The van der Waals surface area contributed by atoms with Gasteiger partial charge in [0.2, 0.25) is 11.4 Å². The summed E-state index contributed by atoms with van der Waals surface area (Å²) in [5.41, 5.74) is -4.74. The second-order valence-electron chi connectivity index (χ2n) is 4.20. The van der Waals surface area contributed by atoms with Crippen LogP contribution in [-0.4, -0.2) is 44.2 Å². The Hall–Kier alpha value is -2.09. The maximum absolute atomic E-state index is 13.9. The lowest BCUT2D eigenvalue weighted by molar-refractivity contribution is -0.0937. The summed E-state index contributed by atoms with van der Waals surface area (Å²) in [6, 6.07) is 1.41. The van der Waals surface area contributed by atoms with E-state index in [4.69, 9.17) is 15.1 Å². The van der Waals surface area contributed by atoms with Gasteiger partial charge in [0.15, 0.2) is 12.4 Å². The lowest BCUT2D eigenvalue weighted by atomic mass is 9.99. The fourth-order valence-corrected chi connectivity index (χ4v) is 1.88. The average Bonchev–Trinajstić information content (AvgIpc) is 2.68. The molecule has 0 aliphatic carbocycles.